The van der Waals surface area contributed by atoms with Crippen LogP contribution in [0.3, 0.4) is 0 Å². The van der Waals surface area contributed by atoms with Crippen molar-refractivity contribution in [3.63, 3.8) is 0 Å². The highest BCUT2D eigenvalue weighted by Crippen LogP contribution is 2.26. The largest absolute Gasteiger partial charge is 0.481 e. The molecule has 0 radical (unpaired) electrons. The summed E-state index contributed by atoms with van der Waals surface area (Å²) in [5.41, 5.74) is 5.79. The fourth-order valence-corrected chi connectivity index (χ4v) is 2.53. The van der Waals surface area contributed by atoms with Crippen LogP contribution in [0.1, 0.15) is 6.92 Å². The van der Waals surface area contributed by atoms with E-state index in [1.807, 2.05) is 6.92 Å². The molecule has 3 N–H and O–H groups in total. The molecule has 2 rings (SSSR count). The van der Waals surface area contributed by atoms with Gasteiger partial charge in [-0.25, -0.2) is 0 Å². The smallest absolute Gasteiger partial charge is 0.308 e. The highest BCUT2D eigenvalue weighted by molar-refractivity contribution is 5.82. The Morgan fingerprint density at radius 2 is 2.00 bits per heavy atom. The average molecular weight is 242 g/mol. The van der Waals surface area contributed by atoms with E-state index < -0.39 is 11.9 Å². The maximum atomic E-state index is 12.1. The number of aliphatic carboxylic acids is 1. The lowest BCUT2D eigenvalue weighted by Crippen LogP contribution is -2.43. The summed E-state index contributed by atoms with van der Waals surface area (Å²) in [6.07, 6.45) is 0. The third kappa shape index (κ3) is 2.28. The Labute approximate surface area is 99.7 Å². The van der Waals surface area contributed by atoms with E-state index in [0.717, 1.165) is 0 Å². The quantitative estimate of drug-likeness (QED) is 0.657. The molecule has 0 aromatic heterocycles. The molecule has 1 amide bonds. The summed E-state index contributed by atoms with van der Waals surface area (Å²) in [4.78, 5) is 24.7. The van der Waals surface area contributed by atoms with E-state index in [0.29, 0.717) is 26.3 Å². The molecular weight excluding hydrogens is 224 g/mol. The minimum atomic E-state index is -0.834. The van der Waals surface area contributed by atoms with Crippen LogP contribution in [0.4, 0.5) is 0 Å². The molecule has 96 valence electrons. The van der Waals surface area contributed by atoms with Crippen molar-refractivity contribution in [3.05, 3.63) is 0 Å². The van der Waals surface area contributed by atoms with Crippen molar-refractivity contribution >= 4 is 11.9 Å². The molecule has 0 saturated carbocycles. The molecule has 2 aliphatic rings. The Morgan fingerprint density at radius 1 is 1.29 bits per heavy atom. The summed E-state index contributed by atoms with van der Waals surface area (Å²) in [6.45, 7) is 3.40. The molecule has 0 spiro atoms. The zero-order valence-electron chi connectivity index (χ0n) is 9.83. The second kappa shape index (κ2) is 4.62. The van der Waals surface area contributed by atoms with E-state index in [-0.39, 0.29) is 23.8 Å². The number of carbonyl (C=O) groups excluding carboxylic acids is 1. The van der Waals surface area contributed by atoms with Gasteiger partial charge in [-0.2, -0.15) is 0 Å². The zero-order chi connectivity index (χ0) is 12.6. The van der Waals surface area contributed by atoms with Crippen LogP contribution in [0.25, 0.3) is 0 Å². The van der Waals surface area contributed by atoms with E-state index in [2.05, 4.69) is 0 Å². The Balaban J connectivity index is 2.00. The summed E-state index contributed by atoms with van der Waals surface area (Å²) >= 11 is 0. The molecule has 0 aliphatic carbocycles. The Hall–Kier alpha value is -1.14. The van der Waals surface area contributed by atoms with Gasteiger partial charge in [-0.3, -0.25) is 9.59 Å². The predicted molar refractivity (Wildman–Crippen MR) is 59.2 cm³/mol. The maximum absolute atomic E-state index is 12.1. The Kier molecular flexibility index (Phi) is 3.35. The number of nitrogens with two attached hydrogens (primary N) is 1. The van der Waals surface area contributed by atoms with Crippen LogP contribution < -0.4 is 5.73 Å². The minimum Gasteiger partial charge on any atom is -0.481 e. The Morgan fingerprint density at radius 3 is 2.47 bits per heavy atom. The molecule has 4 atom stereocenters. The van der Waals surface area contributed by atoms with Crippen LogP contribution in [0.2, 0.25) is 0 Å². The topological polar surface area (TPSA) is 92.9 Å². The van der Waals surface area contributed by atoms with Gasteiger partial charge < -0.3 is 20.5 Å². The van der Waals surface area contributed by atoms with Crippen molar-refractivity contribution in [2.75, 3.05) is 26.3 Å². The van der Waals surface area contributed by atoms with Crippen LogP contribution in [0.5, 0.6) is 0 Å². The number of carbonyl (C=O) groups is 2. The number of ether oxygens (including phenoxy) is 1. The molecule has 2 fully saturated rings. The monoisotopic (exact) mass is 242 g/mol. The fourth-order valence-electron chi connectivity index (χ4n) is 2.53. The number of carboxylic acids is 1. The number of likely N-dealkylation sites (tertiary alicyclic amines) is 1. The van der Waals surface area contributed by atoms with Gasteiger partial charge in [0.15, 0.2) is 0 Å². The Bertz CT molecular complexity index is 333. The first-order chi connectivity index (χ1) is 8.00. The van der Waals surface area contributed by atoms with E-state index in [9.17, 15) is 9.59 Å². The lowest BCUT2D eigenvalue weighted by atomic mass is 9.99. The highest BCUT2D eigenvalue weighted by atomic mass is 16.5. The molecule has 17 heavy (non-hydrogen) atoms. The van der Waals surface area contributed by atoms with Gasteiger partial charge in [0, 0.05) is 19.1 Å². The summed E-state index contributed by atoms with van der Waals surface area (Å²) in [7, 11) is 0. The van der Waals surface area contributed by atoms with Gasteiger partial charge in [0.1, 0.15) is 0 Å². The lowest BCUT2D eigenvalue weighted by Gasteiger charge is -2.21. The molecule has 6 heteroatoms. The van der Waals surface area contributed by atoms with Gasteiger partial charge in [0.2, 0.25) is 5.91 Å². The summed E-state index contributed by atoms with van der Waals surface area (Å²) in [6, 6.07) is -0.262. The number of hydrogen-bond acceptors (Lipinski definition) is 4. The van der Waals surface area contributed by atoms with Gasteiger partial charge in [-0.1, -0.05) is 6.92 Å². The van der Waals surface area contributed by atoms with Crippen LogP contribution in [-0.2, 0) is 14.3 Å². The van der Waals surface area contributed by atoms with Crippen LogP contribution in [-0.4, -0.2) is 54.2 Å². The van der Waals surface area contributed by atoms with Gasteiger partial charge in [-0.15, -0.1) is 0 Å². The summed E-state index contributed by atoms with van der Waals surface area (Å²) in [5.74, 6) is -1.67. The van der Waals surface area contributed by atoms with Crippen molar-refractivity contribution in [2.45, 2.75) is 13.0 Å². The molecule has 0 aromatic rings. The first kappa shape index (κ1) is 12.3. The number of rotatable bonds is 2. The molecule has 0 bridgehead atoms. The predicted octanol–water partition coefficient (Wildman–Crippen LogP) is -0.861. The third-order valence-corrected chi connectivity index (χ3v) is 3.68. The SMILES string of the molecule is CC1CN(C(=O)C2COCC2N)CC1C(=O)O. The third-order valence-electron chi connectivity index (χ3n) is 3.68. The zero-order valence-corrected chi connectivity index (χ0v) is 9.83. The fraction of sp³-hybridized carbons (Fsp3) is 0.818. The molecule has 2 heterocycles. The van der Waals surface area contributed by atoms with Crippen molar-refractivity contribution < 1.29 is 19.4 Å². The van der Waals surface area contributed by atoms with Crippen LogP contribution in [0, 0.1) is 17.8 Å². The van der Waals surface area contributed by atoms with Crippen molar-refractivity contribution in [3.8, 4) is 0 Å². The molecule has 6 nitrogen and oxygen atoms in total. The number of carboxylic acid groups (broad SMARTS) is 1. The molecule has 2 saturated heterocycles. The normalized spacial score (nSPS) is 37.4. The van der Waals surface area contributed by atoms with Gasteiger partial charge >= 0.3 is 5.97 Å². The van der Waals surface area contributed by atoms with E-state index in [1.54, 1.807) is 4.90 Å². The standard InChI is InChI=1S/C11H18N2O4/c1-6-2-13(3-7(6)11(15)16)10(14)8-4-17-5-9(8)12/h6-9H,2-5,12H2,1H3,(H,15,16). The number of hydrogen-bond donors (Lipinski definition) is 2. The summed E-state index contributed by atoms with van der Waals surface area (Å²) in [5, 5.41) is 9.01. The van der Waals surface area contributed by atoms with Crippen molar-refractivity contribution in [2.24, 2.45) is 23.5 Å². The maximum Gasteiger partial charge on any atom is 0.308 e. The van der Waals surface area contributed by atoms with E-state index in [4.69, 9.17) is 15.6 Å². The van der Waals surface area contributed by atoms with Crippen molar-refractivity contribution in [1.29, 1.82) is 0 Å². The van der Waals surface area contributed by atoms with Crippen LogP contribution >= 0.6 is 0 Å². The minimum absolute atomic E-state index is 0.00463. The highest BCUT2D eigenvalue weighted by Gasteiger charge is 2.41. The average Bonchev–Trinajstić information content (AvgIpc) is 2.83. The van der Waals surface area contributed by atoms with Crippen molar-refractivity contribution in [1.82, 2.24) is 4.90 Å². The van der Waals surface area contributed by atoms with Gasteiger partial charge in [-0.05, 0) is 5.92 Å². The number of nitrogens with zero attached hydrogens (tertiary/aromatic N) is 1. The molecule has 4 unspecified atom stereocenters. The first-order valence-electron chi connectivity index (χ1n) is 5.85. The van der Waals surface area contributed by atoms with E-state index >= 15 is 0 Å². The number of amides is 1. The van der Waals surface area contributed by atoms with Crippen LogP contribution in [0.15, 0.2) is 0 Å². The second-order valence-corrected chi connectivity index (χ2v) is 4.97. The summed E-state index contributed by atoms with van der Waals surface area (Å²) < 4.78 is 5.16. The molecule has 0 aromatic carbocycles. The first-order valence-corrected chi connectivity index (χ1v) is 5.85. The van der Waals surface area contributed by atoms with Gasteiger partial charge in [0.05, 0.1) is 25.0 Å². The lowest BCUT2D eigenvalue weighted by molar-refractivity contribution is -0.142. The second-order valence-electron chi connectivity index (χ2n) is 4.97. The van der Waals surface area contributed by atoms with E-state index in [1.165, 1.54) is 0 Å². The molecule has 2 aliphatic heterocycles. The molecular formula is C11H18N2O4. The van der Waals surface area contributed by atoms with Gasteiger partial charge in [0.25, 0.3) is 0 Å².